The minimum atomic E-state index is 0.608. The van der Waals surface area contributed by atoms with E-state index >= 15 is 0 Å². The van der Waals surface area contributed by atoms with Crippen molar-refractivity contribution in [1.82, 2.24) is 0 Å². The Morgan fingerprint density at radius 1 is 1.33 bits per heavy atom. The van der Waals surface area contributed by atoms with E-state index in [1.54, 1.807) is 0 Å². The van der Waals surface area contributed by atoms with Crippen molar-refractivity contribution in [3.8, 4) is 0 Å². The normalized spacial score (nSPS) is 16.0. The number of hydrogen-bond acceptors (Lipinski definition) is 0. The van der Waals surface area contributed by atoms with E-state index < -0.39 is 0 Å². The molecule has 1 aromatic carbocycles. The Morgan fingerprint density at radius 2 is 2.07 bits per heavy atom. The number of hydrogen-bond donors (Lipinski definition) is 0. The van der Waals surface area contributed by atoms with Gasteiger partial charge in [-0.25, -0.2) is 0 Å². The standard InChI is InChI=1S/C14H19Cl/c1-10(2)14-8-7-13(15)9-12(14)6-5-11-3-4-11/h7-11H,3-6H2,1-2H3. The van der Waals surface area contributed by atoms with Crippen molar-refractivity contribution < 1.29 is 0 Å². The van der Waals surface area contributed by atoms with E-state index in [0.29, 0.717) is 5.92 Å². The molecule has 1 heteroatoms. The van der Waals surface area contributed by atoms with Gasteiger partial charge in [-0.2, -0.15) is 0 Å². The van der Waals surface area contributed by atoms with E-state index in [1.807, 2.05) is 6.07 Å². The van der Waals surface area contributed by atoms with Crippen LogP contribution in [0.4, 0.5) is 0 Å². The molecule has 0 saturated heterocycles. The summed E-state index contributed by atoms with van der Waals surface area (Å²) < 4.78 is 0. The summed E-state index contributed by atoms with van der Waals surface area (Å²) in [6.45, 7) is 4.51. The Kier molecular flexibility index (Phi) is 3.35. The van der Waals surface area contributed by atoms with Crippen LogP contribution in [-0.4, -0.2) is 0 Å². The molecule has 1 saturated carbocycles. The second kappa shape index (κ2) is 4.57. The van der Waals surface area contributed by atoms with E-state index in [4.69, 9.17) is 11.6 Å². The number of benzene rings is 1. The zero-order valence-electron chi connectivity index (χ0n) is 9.59. The summed E-state index contributed by atoms with van der Waals surface area (Å²) in [5, 5.41) is 0.880. The van der Waals surface area contributed by atoms with Crippen molar-refractivity contribution in [2.45, 2.75) is 45.4 Å². The van der Waals surface area contributed by atoms with Gasteiger partial charge in [-0.1, -0.05) is 44.4 Å². The Bertz CT molecular complexity index is 337. The quantitative estimate of drug-likeness (QED) is 0.686. The minimum Gasteiger partial charge on any atom is -0.0843 e. The Balaban J connectivity index is 2.13. The predicted octanol–water partition coefficient (Wildman–Crippen LogP) is 4.81. The molecule has 0 nitrogen and oxygen atoms in total. The van der Waals surface area contributed by atoms with Crippen molar-refractivity contribution >= 4 is 11.6 Å². The average Bonchev–Trinajstić information content (AvgIpc) is 2.97. The van der Waals surface area contributed by atoms with Crippen molar-refractivity contribution in [1.29, 1.82) is 0 Å². The smallest absolute Gasteiger partial charge is 0.0408 e. The number of aryl methyl sites for hydroxylation is 1. The highest BCUT2D eigenvalue weighted by Crippen LogP contribution is 2.34. The SMILES string of the molecule is CC(C)c1ccc(Cl)cc1CCC1CC1. The molecule has 0 aromatic heterocycles. The Morgan fingerprint density at radius 3 is 2.67 bits per heavy atom. The first-order chi connectivity index (χ1) is 7.16. The Hall–Kier alpha value is -0.490. The van der Waals surface area contributed by atoms with Gasteiger partial charge in [-0.3, -0.25) is 0 Å². The molecule has 0 bridgehead atoms. The fourth-order valence-electron chi connectivity index (χ4n) is 2.12. The van der Waals surface area contributed by atoms with Crippen LogP contribution in [0.2, 0.25) is 5.02 Å². The summed E-state index contributed by atoms with van der Waals surface area (Å²) in [6.07, 6.45) is 5.44. The molecule has 1 fully saturated rings. The van der Waals surface area contributed by atoms with Crippen LogP contribution in [0, 0.1) is 5.92 Å². The second-order valence-corrected chi connectivity index (χ2v) is 5.42. The third-order valence-electron chi connectivity index (χ3n) is 3.25. The summed E-state index contributed by atoms with van der Waals surface area (Å²) in [7, 11) is 0. The molecule has 0 heterocycles. The van der Waals surface area contributed by atoms with Crippen LogP contribution in [0.1, 0.15) is 50.2 Å². The van der Waals surface area contributed by atoms with Crippen molar-refractivity contribution in [2.75, 3.05) is 0 Å². The maximum absolute atomic E-state index is 6.05. The lowest BCUT2D eigenvalue weighted by Gasteiger charge is -2.13. The molecule has 2 rings (SSSR count). The molecule has 0 radical (unpaired) electrons. The summed E-state index contributed by atoms with van der Waals surface area (Å²) >= 11 is 6.05. The van der Waals surface area contributed by atoms with Crippen LogP contribution in [0.5, 0.6) is 0 Å². The molecule has 0 aliphatic heterocycles. The monoisotopic (exact) mass is 222 g/mol. The maximum Gasteiger partial charge on any atom is 0.0408 e. The summed E-state index contributed by atoms with van der Waals surface area (Å²) in [5.41, 5.74) is 2.93. The molecule has 0 spiro atoms. The van der Waals surface area contributed by atoms with Gasteiger partial charge in [-0.05, 0) is 47.9 Å². The second-order valence-electron chi connectivity index (χ2n) is 4.98. The van der Waals surface area contributed by atoms with Crippen LogP contribution in [0.15, 0.2) is 18.2 Å². The summed E-state index contributed by atoms with van der Waals surface area (Å²) in [4.78, 5) is 0. The van der Waals surface area contributed by atoms with Crippen molar-refractivity contribution in [3.05, 3.63) is 34.3 Å². The number of halogens is 1. The van der Waals surface area contributed by atoms with E-state index in [0.717, 1.165) is 10.9 Å². The molecule has 0 amide bonds. The highest BCUT2D eigenvalue weighted by Gasteiger charge is 2.21. The van der Waals surface area contributed by atoms with E-state index in [1.165, 1.54) is 36.8 Å². The fourth-order valence-corrected chi connectivity index (χ4v) is 2.31. The lowest BCUT2D eigenvalue weighted by Crippen LogP contribution is -1.97. The first-order valence-electron chi connectivity index (χ1n) is 5.95. The third kappa shape index (κ3) is 2.98. The molecule has 15 heavy (non-hydrogen) atoms. The van der Waals surface area contributed by atoms with Crippen molar-refractivity contribution in [2.24, 2.45) is 5.92 Å². The molecule has 0 N–H and O–H groups in total. The van der Waals surface area contributed by atoms with Crippen molar-refractivity contribution in [3.63, 3.8) is 0 Å². The van der Waals surface area contributed by atoms with E-state index in [-0.39, 0.29) is 0 Å². The molecule has 82 valence electrons. The van der Waals surface area contributed by atoms with Gasteiger partial charge in [0.05, 0.1) is 0 Å². The van der Waals surface area contributed by atoms with Gasteiger partial charge in [0.2, 0.25) is 0 Å². The van der Waals surface area contributed by atoms with E-state index in [9.17, 15) is 0 Å². The fraction of sp³-hybridized carbons (Fsp3) is 0.571. The first-order valence-corrected chi connectivity index (χ1v) is 6.33. The molecule has 1 aromatic rings. The zero-order chi connectivity index (χ0) is 10.8. The topological polar surface area (TPSA) is 0 Å². The van der Waals surface area contributed by atoms with Gasteiger partial charge in [0.1, 0.15) is 0 Å². The van der Waals surface area contributed by atoms with Gasteiger partial charge < -0.3 is 0 Å². The molecule has 1 aliphatic rings. The van der Waals surface area contributed by atoms with Gasteiger partial charge in [0.25, 0.3) is 0 Å². The van der Waals surface area contributed by atoms with Gasteiger partial charge >= 0.3 is 0 Å². The molecule has 0 unspecified atom stereocenters. The lowest BCUT2D eigenvalue weighted by molar-refractivity contribution is 0.713. The van der Waals surface area contributed by atoms with Crippen LogP contribution in [0.3, 0.4) is 0 Å². The predicted molar refractivity (Wildman–Crippen MR) is 66.6 cm³/mol. The lowest BCUT2D eigenvalue weighted by atomic mass is 9.94. The summed E-state index contributed by atoms with van der Waals surface area (Å²) in [5.74, 6) is 1.61. The largest absolute Gasteiger partial charge is 0.0843 e. The first kappa shape index (κ1) is 11.0. The molecular weight excluding hydrogens is 204 g/mol. The van der Waals surface area contributed by atoms with Gasteiger partial charge in [-0.15, -0.1) is 0 Å². The molecule has 0 atom stereocenters. The maximum atomic E-state index is 6.05. The van der Waals surface area contributed by atoms with Gasteiger partial charge in [0.15, 0.2) is 0 Å². The van der Waals surface area contributed by atoms with Crippen LogP contribution < -0.4 is 0 Å². The van der Waals surface area contributed by atoms with E-state index in [2.05, 4.69) is 26.0 Å². The molecular formula is C14H19Cl. The Labute approximate surface area is 97.6 Å². The van der Waals surface area contributed by atoms with Gasteiger partial charge in [0, 0.05) is 5.02 Å². The number of rotatable bonds is 4. The molecule has 1 aliphatic carbocycles. The minimum absolute atomic E-state index is 0.608. The average molecular weight is 223 g/mol. The third-order valence-corrected chi connectivity index (χ3v) is 3.48. The van der Waals surface area contributed by atoms with Crippen LogP contribution >= 0.6 is 11.6 Å². The summed E-state index contributed by atoms with van der Waals surface area (Å²) in [6, 6.07) is 6.35. The zero-order valence-corrected chi connectivity index (χ0v) is 10.3. The van der Waals surface area contributed by atoms with Crippen LogP contribution in [-0.2, 0) is 6.42 Å². The highest BCUT2D eigenvalue weighted by atomic mass is 35.5. The van der Waals surface area contributed by atoms with Crippen LogP contribution in [0.25, 0.3) is 0 Å². The highest BCUT2D eigenvalue weighted by molar-refractivity contribution is 6.30.